The van der Waals surface area contributed by atoms with Crippen molar-refractivity contribution in [2.75, 3.05) is 13.7 Å². The smallest absolute Gasteiger partial charge is 0.311 e. The van der Waals surface area contributed by atoms with Gasteiger partial charge in [0.15, 0.2) is 16.6 Å². The summed E-state index contributed by atoms with van der Waals surface area (Å²) in [6, 6.07) is 9.64. The number of esters is 1. The van der Waals surface area contributed by atoms with E-state index in [0.717, 1.165) is 22.9 Å². The van der Waals surface area contributed by atoms with Gasteiger partial charge in [-0.3, -0.25) is 4.79 Å². The molecular formula is C26H35BrN2O4S. The molecule has 0 aliphatic heterocycles. The Hall–Kier alpha value is -2.32. The van der Waals surface area contributed by atoms with Crippen molar-refractivity contribution >= 4 is 39.2 Å². The highest BCUT2D eigenvalue weighted by molar-refractivity contribution is 9.10. The predicted octanol–water partition coefficient (Wildman–Crippen LogP) is 5.33. The minimum Gasteiger partial charge on any atom is -0.504 e. The largest absolute Gasteiger partial charge is 0.504 e. The summed E-state index contributed by atoms with van der Waals surface area (Å²) < 4.78 is 11.5. The Labute approximate surface area is 216 Å². The molecule has 3 N–H and O–H groups in total. The number of nitrogens with one attached hydrogen (secondary N) is 2. The van der Waals surface area contributed by atoms with Gasteiger partial charge < -0.3 is 25.2 Å². The zero-order chi connectivity index (χ0) is 25.5. The number of rotatable bonds is 9. The Morgan fingerprint density at radius 2 is 1.88 bits per heavy atom. The minimum absolute atomic E-state index is 0.0610. The molecule has 1 atom stereocenters. The van der Waals surface area contributed by atoms with Crippen LogP contribution in [0.25, 0.3) is 0 Å². The molecule has 2 aromatic rings. The number of aromatic hydroxyl groups is 1. The summed E-state index contributed by atoms with van der Waals surface area (Å²) in [5.41, 5.74) is 4.07. The van der Waals surface area contributed by atoms with Crippen molar-refractivity contribution in [1.82, 2.24) is 10.6 Å². The molecule has 0 amide bonds. The zero-order valence-corrected chi connectivity index (χ0v) is 23.2. The van der Waals surface area contributed by atoms with Crippen molar-refractivity contribution in [3.05, 3.63) is 57.1 Å². The molecule has 0 fully saturated rings. The summed E-state index contributed by atoms with van der Waals surface area (Å²) in [4.78, 5) is 12.3. The van der Waals surface area contributed by atoms with Crippen molar-refractivity contribution in [2.24, 2.45) is 5.41 Å². The summed E-state index contributed by atoms with van der Waals surface area (Å²) in [5, 5.41) is 16.8. The molecule has 0 saturated heterocycles. The van der Waals surface area contributed by atoms with E-state index in [9.17, 15) is 9.90 Å². The van der Waals surface area contributed by atoms with E-state index in [1.54, 1.807) is 12.1 Å². The maximum absolute atomic E-state index is 12.3. The van der Waals surface area contributed by atoms with Gasteiger partial charge in [-0.15, -0.1) is 0 Å². The van der Waals surface area contributed by atoms with Crippen LogP contribution in [0.4, 0.5) is 0 Å². The molecule has 34 heavy (non-hydrogen) atoms. The lowest BCUT2D eigenvalue weighted by molar-refractivity contribution is -0.153. The summed E-state index contributed by atoms with van der Waals surface area (Å²) in [5.74, 6) is 0.203. The van der Waals surface area contributed by atoms with E-state index in [1.807, 2.05) is 20.8 Å². The molecule has 0 aliphatic rings. The first-order valence-electron chi connectivity index (χ1n) is 11.2. The number of phenolic OH excluding ortho intramolecular Hbond substituents is 1. The molecule has 2 aromatic carbocycles. The lowest BCUT2D eigenvalue weighted by Gasteiger charge is -2.24. The first kappa shape index (κ1) is 27.9. The zero-order valence-electron chi connectivity index (χ0n) is 20.8. The van der Waals surface area contributed by atoms with Crippen molar-refractivity contribution in [2.45, 2.75) is 60.0 Å². The Kier molecular flexibility index (Phi) is 10.2. The average molecular weight is 552 g/mol. The Balaban J connectivity index is 2.03. The molecular weight excluding hydrogens is 516 g/mol. The predicted molar refractivity (Wildman–Crippen MR) is 143 cm³/mol. The van der Waals surface area contributed by atoms with E-state index < -0.39 is 5.41 Å². The van der Waals surface area contributed by atoms with Gasteiger partial charge in [0.2, 0.25) is 0 Å². The van der Waals surface area contributed by atoms with Crippen LogP contribution in [-0.4, -0.2) is 35.9 Å². The Morgan fingerprint density at radius 1 is 1.18 bits per heavy atom. The second-order valence-corrected chi connectivity index (χ2v) is 10.7. The number of benzene rings is 2. The second-order valence-electron chi connectivity index (χ2n) is 9.45. The van der Waals surface area contributed by atoms with Crippen molar-refractivity contribution in [3.8, 4) is 11.5 Å². The summed E-state index contributed by atoms with van der Waals surface area (Å²) in [7, 11) is 1.51. The van der Waals surface area contributed by atoms with Crippen molar-refractivity contribution in [1.29, 1.82) is 0 Å². The SMILES string of the molecule is COc1cc(CNC(=S)NC(CCc2ccc(C)c(C)c2)COC(=O)C(C)(C)C)c(Br)cc1O. The molecule has 0 aliphatic carbocycles. The highest BCUT2D eigenvalue weighted by Crippen LogP contribution is 2.32. The van der Waals surface area contributed by atoms with Crippen molar-refractivity contribution in [3.63, 3.8) is 0 Å². The standard InChI is InChI=1S/C26H35BrN2O4S/c1-16-7-8-18(11-17(16)2)9-10-20(15-33-24(31)26(3,4)5)29-25(34)28-14-19-12-23(32-6)22(30)13-21(19)27/h7-8,11-13,20,30H,9-10,14-15H2,1-6H3,(H2,28,29,34). The fourth-order valence-electron chi connectivity index (χ4n) is 3.19. The van der Waals surface area contributed by atoms with Gasteiger partial charge in [-0.25, -0.2) is 0 Å². The van der Waals surface area contributed by atoms with Gasteiger partial charge in [0.1, 0.15) is 6.61 Å². The van der Waals surface area contributed by atoms with E-state index in [1.165, 1.54) is 23.8 Å². The highest BCUT2D eigenvalue weighted by atomic mass is 79.9. The van der Waals surface area contributed by atoms with Crippen LogP contribution in [0.2, 0.25) is 0 Å². The van der Waals surface area contributed by atoms with Gasteiger partial charge in [0.05, 0.1) is 18.6 Å². The molecule has 6 nitrogen and oxygen atoms in total. The Morgan fingerprint density at radius 3 is 2.50 bits per heavy atom. The normalized spacial score (nSPS) is 12.1. The number of hydrogen-bond donors (Lipinski definition) is 3. The van der Waals surface area contributed by atoms with Crippen LogP contribution in [0.5, 0.6) is 11.5 Å². The number of aryl methyl sites for hydroxylation is 3. The molecule has 0 radical (unpaired) electrons. The fourth-order valence-corrected chi connectivity index (χ4v) is 3.90. The van der Waals surface area contributed by atoms with Gasteiger partial charge in [-0.2, -0.15) is 0 Å². The van der Waals surface area contributed by atoms with Crippen LogP contribution in [0.1, 0.15) is 49.4 Å². The summed E-state index contributed by atoms with van der Waals surface area (Å²) >= 11 is 8.98. The quantitative estimate of drug-likeness (QED) is 0.287. The molecule has 0 spiro atoms. The molecule has 0 heterocycles. The van der Waals surface area contributed by atoms with Gasteiger partial charge in [-0.1, -0.05) is 34.1 Å². The molecule has 2 rings (SSSR count). The molecule has 8 heteroatoms. The third-order valence-electron chi connectivity index (χ3n) is 5.50. The van der Waals surface area contributed by atoms with Crippen LogP contribution in [0, 0.1) is 19.3 Å². The lowest BCUT2D eigenvalue weighted by Crippen LogP contribution is -2.45. The molecule has 0 aromatic heterocycles. The van der Waals surface area contributed by atoms with E-state index in [2.05, 4.69) is 58.6 Å². The number of halogens is 1. The summed E-state index contributed by atoms with van der Waals surface area (Å²) in [6.07, 6.45) is 1.58. The van der Waals surface area contributed by atoms with Crippen LogP contribution < -0.4 is 15.4 Å². The monoisotopic (exact) mass is 550 g/mol. The number of phenols is 1. The molecule has 1 unspecified atom stereocenters. The van der Waals surface area contributed by atoms with E-state index in [-0.39, 0.29) is 24.4 Å². The van der Waals surface area contributed by atoms with Gasteiger partial charge in [0, 0.05) is 11.0 Å². The molecule has 186 valence electrons. The average Bonchev–Trinajstić information content (AvgIpc) is 2.76. The number of ether oxygens (including phenoxy) is 2. The van der Waals surface area contributed by atoms with Crippen LogP contribution in [-0.2, 0) is 22.5 Å². The summed E-state index contributed by atoms with van der Waals surface area (Å²) in [6.45, 7) is 10.4. The van der Waals surface area contributed by atoms with Gasteiger partial charge in [0.25, 0.3) is 0 Å². The van der Waals surface area contributed by atoms with E-state index >= 15 is 0 Å². The Bertz CT molecular complexity index is 1020. The van der Waals surface area contributed by atoms with Crippen LogP contribution >= 0.6 is 28.1 Å². The number of methoxy groups -OCH3 is 1. The first-order valence-corrected chi connectivity index (χ1v) is 12.4. The topological polar surface area (TPSA) is 79.8 Å². The first-order chi connectivity index (χ1) is 15.9. The molecule has 0 bridgehead atoms. The third-order valence-corrected chi connectivity index (χ3v) is 6.50. The minimum atomic E-state index is -0.568. The lowest BCUT2D eigenvalue weighted by atomic mass is 9.97. The second kappa shape index (κ2) is 12.4. The third kappa shape index (κ3) is 8.47. The van der Waals surface area contributed by atoms with Gasteiger partial charge >= 0.3 is 5.97 Å². The highest BCUT2D eigenvalue weighted by Gasteiger charge is 2.24. The van der Waals surface area contributed by atoms with E-state index in [4.69, 9.17) is 21.7 Å². The maximum Gasteiger partial charge on any atom is 0.311 e. The molecule has 0 saturated carbocycles. The number of carbonyl (C=O) groups is 1. The fraction of sp³-hybridized carbons (Fsp3) is 0.462. The van der Waals surface area contributed by atoms with Crippen LogP contribution in [0.3, 0.4) is 0 Å². The number of hydrogen-bond acceptors (Lipinski definition) is 5. The van der Waals surface area contributed by atoms with Crippen molar-refractivity contribution < 1.29 is 19.4 Å². The van der Waals surface area contributed by atoms with E-state index in [0.29, 0.717) is 17.4 Å². The number of carbonyl (C=O) groups excluding carboxylic acids is 1. The van der Waals surface area contributed by atoms with Crippen LogP contribution in [0.15, 0.2) is 34.8 Å². The maximum atomic E-state index is 12.3. The number of thiocarbonyl (C=S) groups is 1. The van der Waals surface area contributed by atoms with Gasteiger partial charge in [-0.05, 0) is 94.1 Å².